The second-order valence-corrected chi connectivity index (χ2v) is 8.20. The molecule has 1 aliphatic carbocycles. The first-order chi connectivity index (χ1) is 13.0. The summed E-state index contributed by atoms with van der Waals surface area (Å²) >= 11 is 1.79. The van der Waals surface area contributed by atoms with E-state index in [1.165, 1.54) is 36.5 Å². The molecule has 6 nitrogen and oxygen atoms in total. The predicted octanol–water partition coefficient (Wildman–Crippen LogP) is 3.38. The van der Waals surface area contributed by atoms with Gasteiger partial charge in [-0.1, -0.05) is 0 Å². The third kappa shape index (κ3) is 3.83. The molecular weight excluding hydrogens is 374 g/mol. The van der Waals surface area contributed by atoms with Crippen LogP contribution in [0.4, 0.5) is 8.78 Å². The maximum absolute atomic E-state index is 12.8. The average Bonchev–Trinajstić information content (AvgIpc) is 3.25. The Hall–Kier alpha value is -2.03. The van der Waals surface area contributed by atoms with Crippen LogP contribution in [0.1, 0.15) is 57.7 Å². The largest absolute Gasteiger partial charge is 0.417 e. The molecule has 0 N–H and O–H groups in total. The Bertz CT molecular complexity index is 812. The molecule has 2 aliphatic rings. The minimum atomic E-state index is -2.95. The number of nitrogens with zero attached hydrogens (tertiary/aromatic N) is 4. The van der Waals surface area contributed by atoms with E-state index in [2.05, 4.69) is 9.84 Å². The zero-order valence-electron chi connectivity index (χ0n) is 15.2. The summed E-state index contributed by atoms with van der Waals surface area (Å²) in [5.74, 6) is -0.131. The zero-order chi connectivity index (χ0) is 19.0. The summed E-state index contributed by atoms with van der Waals surface area (Å²) in [6, 6.07) is 1.28. The molecule has 0 saturated carbocycles. The number of carbonyl (C=O) groups is 1. The number of carbonyl (C=O) groups excluding carboxylic acids is 1. The fourth-order valence-corrected chi connectivity index (χ4v) is 5.11. The van der Waals surface area contributed by atoms with Gasteiger partial charge >= 0.3 is 6.61 Å². The minimum Gasteiger partial charge on any atom is -0.417 e. The Morgan fingerprint density at radius 2 is 2.15 bits per heavy atom. The fourth-order valence-electron chi connectivity index (χ4n) is 3.83. The molecule has 2 aromatic rings. The highest BCUT2D eigenvalue weighted by Crippen LogP contribution is 2.35. The van der Waals surface area contributed by atoms with Crippen LogP contribution in [0.25, 0.3) is 0 Å². The van der Waals surface area contributed by atoms with E-state index >= 15 is 0 Å². The quantitative estimate of drug-likeness (QED) is 0.795. The summed E-state index contributed by atoms with van der Waals surface area (Å²) in [7, 11) is 1.48. The van der Waals surface area contributed by atoms with E-state index in [9.17, 15) is 13.6 Å². The lowest BCUT2D eigenvalue weighted by Gasteiger charge is -2.31. The minimum absolute atomic E-state index is 0.116. The van der Waals surface area contributed by atoms with Crippen molar-refractivity contribution < 1.29 is 18.3 Å². The Kier molecular flexibility index (Phi) is 5.12. The van der Waals surface area contributed by atoms with E-state index in [1.54, 1.807) is 16.2 Å². The van der Waals surface area contributed by atoms with Crippen molar-refractivity contribution in [1.82, 2.24) is 19.7 Å². The number of likely N-dealkylation sites (tertiary alicyclic amines) is 1. The van der Waals surface area contributed by atoms with Crippen LogP contribution < -0.4 is 4.74 Å². The number of rotatable bonds is 4. The summed E-state index contributed by atoms with van der Waals surface area (Å²) in [5, 5.41) is 5.17. The standard InChI is InChI=1S/C18H22F2N4O2S/c1-23-15(26-18(19)20)9-13(22-23)17(25)24-8-4-5-11(10-24)16-21-12-6-2-3-7-14(12)27-16/h9,11,18H,2-8,10H2,1H3. The van der Waals surface area contributed by atoms with Crippen molar-refractivity contribution in [3.8, 4) is 5.88 Å². The summed E-state index contributed by atoms with van der Waals surface area (Å²) in [6.45, 7) is -1.71. The number of aromatic nitrogens is 3. The second-order valence-electron chi connectivity index (χ2n) is 7.09. The van der Waals surface area contributed by atoms with Crippen molar-refractivity contribution in [2.45, 2.75) is 51.1 Å². The van der Waals surface area contributed by atoms with Crippen LogP contribution in [0, 0.1) is 0 Å². The fraction of sp³-hybridized carbons (Fsp3) is 0.611. The Balaban J connectivity index is 1.48. The molecule has 1 unspecified atom stereocenters. The molecule has 3 heterocycles. The maximum atomic E-state index is 12.8. The first kappa shape index (κ1) is 18.3. The van der Waals surface area contributed by atoms with Crippen molar-refractivity contribution in [2.75, 3.05) is 13.1 Å². The molecule has 146 valence electrons. The molecule has 27 heavy (non-hydrogen) atoms. The van der Waals surface area contributed by atoms with Gasteiger partial charge < -0.3 is 9.64 Å². The first-order valence-electron chi connectivity index (χ1n) is 9.28. The molecule has 1 atom stereocenters. The smallest absolute Gasteiger partial charge is 0.388 e. The van der Waals surface area contributed by atoms with Crippen molar-refractivity contribution in [2.24, 2.45) is 7.05 Å². The van der Waals surface area contributed by atoms with Crippen molar-refractivity contribution in [3.63, 3.8) is 0 Å². The van der Waals surface area contributed by atoms with Crippen molar-refractivity contribution in [1.29, 1.82) is 0 Å². The number of aryl methyl sites for hydroxylation is 3. The van der Waals surface area contributed by atoms with E-state index in [0.717, 1.165) is 35.4 Å². The molecule has 1 amide bonds. The number of hydrogen-bond acceptors (Lipinski definition) is 5. The van der Waals surface area contributed by atoms with E-state index in [-0.39, 0.29) is 23.4 Å². The molecule has 0 spiro atoms. The van der Waals surface area contributed by atoms with E-state index in [0.29, 0.717) is 13.1 Å². The molecule has 1 saturated heterocycles. The number of piperidine rings is 1. The van der Waals surface area contributed by atoms with Gasteiger partial charge in [0.2, 0.25) is 5.88 Å². The van der Waals surface area contributed by atoms with Crippen molar-refractivity contribution in [3.05, 3.63) is 27.3 Å². The SMILES string of the molecule is Cn1nc(C(=O)N2CCCC(c3nc4c(s3)CCCC4)C2)cc1OC(F)F. The van der Waals surface area contributed by atoms with Gasteiger partial charge in [0.15, 0.2) is 5.69 Å². The third-order valence-electron chi connectivity index (χ3n) is 5.19. The van der Waals surface area contributed by atoms with Crippen LogP contribution in [-0.4, -0.2) is 45.3 Å². The number of ether oxygens (including phenoxy) is 1. The Morgan fingerprint density at radius 1 is 1.33 bits per heavy atom. The molecule has 0 radical (unpaired) electrons. The number of thiazole rings is 1. The van der Waals surface area contributed by atoms with Gasteiger partial charge in [0, 0.05) is 37.0 Å². The molecule has 4 rings (SSSR count). The van der Waals surface area contributed by atoms with Crippen LogP contribution in [0.2, 0.25) is 0 Å². The molecule has 0 aromatic carbocycles. The van der Waals surface area contributed by atoms with Gasteiger partial charge in [-0.05, 0) is 38.5 Å². The lowest BCUT2D eigenvalue weighted by Crippen LogP contribution is -2.39. The average molecular weight is 396 g/mol. The van der Waals surface area contributed by atoms with Crippen LogP contribution in [0.3, 0.4) is 0 Å². The molecular formula is C18H22F2N4O2S. The number of fused-ring (bicyclic) bond motifs is 1. The Labute approximate surface area is 160 Å². The number of amides is 1. The highest BCUT2D eigenvalue weighted by atomic mass is 32.1. The maximum Gasteiger partial charge on any atom is 0.388 e. The second kappa shape index (κ2) is 7.53. The van der Waals surface area contributed by atoms with Gasteiger partial charge in [-0.25, -0.2) is 9.67 Å². The summed E-state index contributed by atoms with van der Waals surface area (Å²) < 4.78 is 30.4. The van der Waals surface area contributed by atoms with Crippen LogP contribution in [0.15, 0.2) is 6.07 Å². The van der Waals surface area contributed by atoms with E-state index < -0.39 is 6.61 Å². The highest BCUT2D eigenvalue weighted by Gasteiger charge is 2.30. The monoisotopic (exact) mass is 396 g/mol. The number of alkyl halides is 2. The van der Waals surface area contributed by atoms with Gasteiger partial charge in [-0.3, -0.25) is 4.79 Å². The van der Waals surface area contributed by atoms with Gasteiger partial charge in [0.05, 0.1) is 10.7 Å². The van der Waals surface area contributed by atoms with Gasteiger partial charge in [0.1, 0.15) is 0 Å². The predicted molar refractivity (Wildman–Crippen MR) is 96.5 cm³/mol. The van der Waals surface area contributed by atoms with Gasteiger partial charge in [-0.2, -0.15) is 13.9 Å². The van der Waals surface area contributed by atoms with Crippen LogP contribution >= 0.6 is 11.3 Å². The summed E-state index contributed by atoms with van der Waals surface area (Å²) in [6.07, 6.45) is 6.51. The topological polar surface area (TPSA) is 60.2 Å². The van der Waals surface area contributed by atoms with Crippen LogP contribution in [0.5, 0.6) is 5.88 Å². The zero-order valence-corrected chi connectivity index (χ0v) is 16.0. The van der Waals surface area contributed by atoms with Gasteiger partial charge in [0.25, 0.3) is 5.91 Å². The molecule has 1 aliphatic heterocycles. The number of hydrogen-bond donors (Lipinski definition) is 0. The number of halogens is 2. The summed E-state index contributed by atoms with van der Waals surface area (Å²) in [5.41, 5.74) is 1.37. The van der Waals surface area contributed by atoms with Crippen LogP contribution in [-0.2, 0) is 19.9 Å². The molecule has 2 aromatic heterocycles. The summed E-state index contributed by atoms with van der Waals surface area (Å²) in [4.78, 5) is 20.8. The van der Waals surface area contributed by atoms with Gasteiger partial charge in [-0.15, -0.1) is 11.3 Å². The molecule has 0 bridgehead atoms. The first-order valence-corrected chi connectivity index (χ1v) is 10.1. The van der Waals surface area contributed by atoms with Crippen molar-refractivity contribution >= 4 is 17.2 Å². The van der Waals surface area contributed by atoms with E-state index in [4.69, 9.17) is 4.98 Å². The van der Waals surface area contributed by atoms with E-state index in [1.807, 2.05) is 0 Å². The molecule has 1 fully saturated rings. The molecule has 9 heteroatoms. The Morgan fingerprint density at radius 3 is 2.93 bits per heavy atom. The lowest BCUT2D eigenvalue weighted by atomic mass is 9.98. The highest BCUT2D eigenvalue weighted by molar-refractivity contribution is 7.11. The normalized spacial score (nSPS) is 20.0. The lowest BCUT2D eigenvalue weighted by molar-refractivity contribution is -0.0553. The third-order valence-corrected chi connectivity index (χ3v) is 6.51.